The van der Waals surface area contributed by atoms with Crippen LogP contribution in [0.2, 0.25) is 10.0 Å². The highest BCUT2D eigenvalue weighted by molar-refractivity contribution is 9.10. The smallest absolute Gasteiger partial charge is 0.326 e. The summed E-state index contributed by atoms with van der Waals surface area (Å²) < 4.78 is 0.674. The van der Waals surface area contributed by atoms with Gasteiger partial charge in [-0.3, -0.25) is 0 Å². The van der Waals surface area contributed by atoms with Crippen LogP contribution in [0.5, 0.6) is 0 Å². The van der Waals surface area contributed by atoms with Crippen LogP contribution in [0.3, 0.4) is 0 Å². The number of aliphatic carboxylic acids is 1. The van der Waals surface area contributed by atoms with E-state index in [4.69, 9.17) is 28.3 Å². The fraction of sp³-hybridized carbons (Fsp3) is 0.333. The molecule has 0 aliphatic heterocycles. The van der Waals surface area contributed by atoms with Crippen molar-refractivity contribution in [1.29, 1.82) is 0 Å². The summed E-state index contributed by atoms with van der Waals surface area (Å²) in [4.78, 5) is 22.7. The fourth-order valence-corrected chi connectivity index (χ4v) is 2.82. The summed E-state index contributed by atoms with van der Waals surface area (Å²) in [7, 11) is 0. The predicted molar refractivity (Wildman–Crippen MR) is 82.6 cm³/mol. The standard InChI is InChI=1S/C12H13BrCl2N2O3/c1-2-3-9(11(18)19)16-12(20)17-10-7(14)4-6(13)5-8(10)15/h4-5,9H,2-3H2,1H3,(H,18,19)(H2,16,17,20)/t9-/m1/s1. The molecule has 0 aliphatic rings. The number of carbonyl (C=O) groups is 2. The van der Waals surface area contributed by atoms with E-state index in [1.54, 1.807) is 12.1 Å². The van der Waals surface area contributed by atoms with Crippen LogP contribution in [0.15, 0.2) is 16.6 Å². The number of carbonyl (C=O) groups excluding carboxylic acids is 1. The Kier molecular flexibility index (Phi) is 6.58. The zero-order valence-corrected chi connectivity index (χ0v) is 13.6. The summed E-state index contributed by atoms with van der Waals surface area (Å²) >= 11 is 15.2. The minimum absolute atomic E-state index is 0.231. The molecule has 110 valence electrons. The minimum atomic E-state index is -1.09. The Morgan fingerprint density at radius 1 is 1.35 bits per heavy atom. The largest absolute Gasteiger partial charge is 0.480 e. The average molecular weight is 384 g/mol. The molecule has 20 heavy (non-hydrogen) atoms. The summed E-state index contributed by atoms with van der Waals surface area (Å²) in [5, 5.41) is 14.3. The number of rotatable bonds is 5. The van der Waals surface area contributed by atoms with Gasteiger partial charge in [-0.15, -0.1) is 0 Å². The summed E-state index contributed by atoms with van der Waals surface area (Å²) in [6.45, 7) is 1.83. The molecule has 1 aromatic carbocycles. The summed E-state index contributed by atoms with van der Waals surface area (Å²) in [5.41, 5.74) is 0.231. The Morgan fingerprint density at radius 3 is 2.35 bits per heavy atom. The van der Waals surface area contributed by atoms with Gasteiger partial charge in [0, 0.05) is 4.47 Å². The van der Waals surface area contributed by atoms with Crippen molar-refractivity contribution in [2.45, 2.75) is 25.8 Å². The lowest BCUT2D eigenvalue weighted by Crippen LogP contribution is -2.42. The van der Waals surface area contributed by atoms with Crippen LogP contribution in [-0.2, 0) is 4.79 Å². The Balaban J connectivity index is 2.78. The number of amides is 2. The van der Waals surface area contributed by atoms with Gasteiger partial charge < -0.3 is 15.7 Å². The molecule has 0 aromatic heterocycles. The number of carboxylic acid groups (broad SMARTS) is 1. The maximum atomic E-state index is 11.8. The van der Waals surface area contributed by atoms with E-state index in [1.807, 2.05) is 6.92 Å². The second kappa shape index (κ2) is 7.71. The Labute approximate surface area is 134 Å². The first kappa shape index (κ1) is 17.1. The van der Waals surface area contributed by atoms with Gasteiger partial charge in [0.05, 0.1) is 15.7 Å². The third-order valence-corrected chi connectivity index (χ3v) is 3.48. The number of benzene rings is 1. The molecule has 0 aliphatic carbocycles. The van der Waals surface area contributed by atoms with Gasteiger partial charge in [-0.1, -0.05) is 52.5 Å². The average Bonchev–Trinajstić information content (AvgIpc) is 2.33. The van der Waals surface area contributed by atoms with E-state index in [-0.39, 0.29) is 15.7 Å². The highest BCUT2D eigenvalue weighted by atomic mass is 79.9. The second-order valence-corrected chi connectivity index (χ2v) is 5.75. The third-order valence-electron chi connectivity index (χ3n) is 2.43. The van der Waals surface area contributed by atoms with Crippen LogP contribution in [0.1, 0.15) is 19.8 Å². The molecule has 0 radical (unpaired) electrons. The van der Waals surface area contributed by atoms with Crippen molar-refractivity contribution in [2.75, 3.05) is 5.32 Å². The molecule has 0 unspecified atom stereocenters. The second-order valence-electron chi connectivity index (χ2n) is 4.02. The number of urea groups is 1. The summed E-state index contributed by atoms with van der Waals surface area (Å²) in [6, 6.07) is 1.53. The van der Waals surface area contributed by atoms with Crippen LogP contribution in [0.25, 0.3) is 0 Å². The van der Waals surface area contributed by atoms with Gasteiger partial charge in [0.15, 0.2) is 0 Å². The molecule has 0 fully saturated rings. The third kappa shape index (κ3) is 4.85. The number of anilines is 1. The minimum Gasteiger partial charge on any atom is -0.480 e. The Hall–Kier alpha value is -0.980. The van der Waals surface area contributed by atoms with Crippen molar-refractivity contribution < 1.29 is 14.7 Å². The Morgan fingerprint density at radius 2 is 1.90 bits per heavy atom. The van der Waals surface area contributed by atoms with Crippen LogP contribution in [0, 0.1) is 0 Å². The normalized spacial score (nSPS) is 11.8. The van der Waals surface area contributed by atoms with Gasteiger partial charge in [0.25, 0.3) is 0 Å². The highest BCUT2D eigenvalue weighted by Gasteiger charge is 2.20. The number of halogens is 3. The number of hydrogen-bond donors (Lipinski definition) is 3. The predicted octanol–water partition coefficient (Wildman–Crippen LogP) is 4.13. The molecule has 8 heteroatoms. The first-order chi connectivity index (χ1) is 9.35. The molecule has 0 bridgehead atoms. The number of hydrogen-bond acceptors (Lipinski definition) is 2. The quantitative estimate of drug-likeness (QED) is 0.715. The molecule has 0 saturated carbocycles. The molecule has 1 atom stereocenters. The van der Waals surface area contributed by atoms with E-state index >= 15 is 0 Å². The molecule has 2 amide bonds. The van der Waals surface area contributed by atoms with E-state index < -0.39 is 18.0 Å². The SMILES string of the molecule is CCC[C@@H](NC(=O)Nc1c(Cl)cc(Br)cc1Cl)C(=O)O. The van der Waals surface area contributed by atoms with E-state index in [2.05, 4.69) is 26.6 Å². The first-order valence-electron chi connectivity index (χ1n) is 5.80. The van der Waals surface area contributed by atoms with Crippen molar-refractivity contribution in [3.8, 4) is 0 Å². The first-order valence-corrected chi connectivity index (χ1v) is 7.35. The zero-order chi connectivity index (χ0) is 15.3. The molecule has 0 saturated heterocycles. The van der Waals surface area contributed by atoms with E-state index in [1.165, 1.54) is 0 Å². The number of nitrogens with one attached hydrogen (secondary N) is 2. The van der Waals surface area contributed by atoms with Crippen molar-refractivity contribution in [3.05, 3.63) is 26.7 Å². The van der Waals surface area contributed by atoms with E-state index in [0.29, 0.717) is 17.3 Å². The maximum absolute atomic E-state index is 11.8. The number of carboxylic acids is 1. The molecular formula is C12H13BrCl2N2O3. The van der Waals surface area contributed by atoms with Crippen molar-refractivity contribution >= 4 is 56.8 Å². The molecule has 0 spiro atoms. The zero-order valence-electron chi connectivity index (χ0n) is 10.5. The lowest BCUT2D eigenvalue weighted by atomic mass is 10.2. The van der Waals surface area contributed by atoms with Crippen molar-refractivity contribution in [1.82, 2.24) is 5.32 Å². The van der Waals surface area contributed by atoms with Gasteiger partial charge in [0.1, 0.15) is 6.04 Å². The van der Waals surface area contributed by atoms with Crippen LogP contribution in [-0.4, -0.2) is 23.1 Å². The van der Waals surface area contributed by atoms with Gasteiger partial charge in [0.2, 0.25) is 0 Å². The maximum Gasteiger partial charge on any atom is 0.326 e. The Bertz CT molecular complexity index is 502. The monoisotopic (exact) mass is 382 g/mol. The van der Waals surface area contributed by atoms with Crippen molar-refractivity contribution in [2.24, 2.45) is 0 Å². The van der Waals surface area contributed by atoms with Gasteiger partial charge in [-0.2, -0.15) is 0 Å². The van der Waals surface area contributed by atoms with Gasteiger partial charge in [-0.25, -0.2) is 9.59 Å². The fourth-order valence-electron chi connectivity index (χ4n) is 1.52. The molecule has 0 heterocycles. The lowest BCUT2D eigenvalue weighted by molar-refractivity contribution is -0.139. The van der Waals surface area contributed by atoms with Crippen LogP contribution < -0.4 is 10.6 Å². The van der Waals surface area contributed by atoms with Gasteiger partial charge in [-0.05, 0) is 18.6 Å². The molecule has 3 N–H and O–H groups in total. The summed E-state index contributed by atoms with van der Waals surface area (Å²) in [5.74, 6) is -1.09. The van der Waals surface area contributed by atoms with E-state index in [0.717, 1.165) is 0 Å². The van der Waals surface area contributed by atoms with E-state index in [9.17, 15) is 9.59 Å². The van der Waals surface area contributed by atoms with Crippen LogP contribution in [0.4, 0.5) is 10.5 Å². The molecule has 5 nitrogen and oxygen atoms in total. The topological polar surface area (TPSA) is 78.4 Å². The summed E-state index contributed by atoms with van der Waals surface area (Å²) in [6.07, 6.45) is 0.974. The molecule has 1 aromatic rings. The van der Waals surface area contributed by atoms with Crippen molar-refractivity contribution in [3.63, 3.8) is 0 Å². The highest BCUT2D eigenvalue weighted by Crippen LogP contribution is 2.33. The molecular weight excluding hydrogens is 371 g/mol. The van der Waals surface area contributed by atoms with Crippen LogP contribution >= 0.6 is 39.1 Å². The lowest BCUT2D eigenvalue weighted by Gasteiger charge is -2.15. The van der Waals surface area contributed by atoms with Gasteiger partial charge >= 0.3 is 12.0 Å². The molecule has 1 rings (SSSR count).